The number of rotatable bonds is 4. The first-order valence-electron chi connectivity index (χ1n) is 7.18. The molecule has 0 fully saturated rings. The Kier molecular flexibility index (Phi) is 4.61. The largest absolute Gasteiger partial charge is 0.497 e. The molecule has 0 unspecified atom stereocenters. The molecule has 0 bridgehead atoms. The number of hydrogen-bond acceptors (Lipinski definition) is 4. The van der Waals surface area contributed by atoms with Gasteiger partial charge in [0, 0.05) is 9.86 Å². The van der Waals surface area contributed by atoms with Gasteiger partial charge in [-0.1, -0.05) is 18.2 Å². The number of fused-ring (bicyclic) bond motifs is 1. The topological polar surface area (TPSA) is 84.1 Å². The molecule has 0 atom stereocenters. The number of aromatic amines is 1. The highest BCUT2D eigenvalue weighted by molar-refractivity contribution is 9.10. The van der Waals surface area contributed by atoms with Crippen molar-refractivity contribution < 1.29 is 9.53 Å². The normalized spacial score (nSPS) is 10.6. The Morgan fingerprint density at radius 2 is 2.00 bits per heavy atom. The molecule has 3 rings (SSSR count). The molecule has 0 saturated carbocycles. The number of hydrogen-bond donors (Lipinski definition) is 2. The molecule has 1 amide bonds. The van der Waals surface area contributed by atoms with Crippen LogP contribution in [0.15, 0.2) is 51.7 Å². The van der Waals surface area contributed by atoms with Crippen LogP contribution in [-0.4, -0.2) is 23.2 Å². The summed E-state index contributed by atoms with van der Waals surface area (Å²) < 4.78 is 5.81. The Hall–Kier alpha value is -2.67. The van der Waals surface area contributed by atoms with Gasteiger partial charge >= 0.3 is 0 Å². The van der Waals surface area contributed by atoms with Crippen LogP contribution in [0.1, 0.15) is 16.1 Å². The van der Waals surface area contributed by atoms with Crippen LogP contribution in [-0.2, 0) is 6.54 Å². The zero-order valence-corrected chi connectivity index (χ0v) is 14.4. The molecule has 0 saturated heterocycles. The van der Waals surface area contributed by atoms with Crippen LogP contribution in [0.2, 0.25) is 0 Å². The molecule has 3 aromatic rings. The molecule has 1 aromatic heterocycles. The predicted molar refractivity (Wildman–Crippen MR) is 94.2 cm³/mol. The molecular formula is C17H14BrN3O3. The lowest BCUT2D eigenvalue weighted by Crippen LogP contribution is -2.25. The van der Waals surface area contributed by atoms with E-state index in [1.54, 1.807) is 43.5 Å². The van der Waals surface area contributed by atoms with Crippen LogP contribution in [0.3, 0.4) is 0 Å². The average Bonchev–Trinajstić information content (AvgIpc) is 2.61. The molecule has 0 radical (unpaired) electrons. The van der Waals surface area contributed by atoms with E-state index in [0.29, 0.717) is 32.3 Å². The van der Waals surface area contributed by atoms with Gasteiger partial charge in [0.15, 0.2) is 0 Å². The average molecular weight is 388 g/mol. The molecule has 0 aliphatic rings. The standard InChI is InChI=1S/C17H14BrN3O3/c1-24-10-6-7-14(18)13(8-10)16(22)19-9-15-11-4-2-3-5-12(11)17(23)21-20-15/h2-8H,9H2,1H3,(H,19,22)(H,21,23). The summed E-state index contributed by atoms with van der Waals surface area (Å²) in [5, 5.41) is 10.6. The van der Waals surface area contributed by atoms with Gasteiger partial charge in [-0.15, -0.1) is 0 Å². The van der Waals surface area contributed by atoms with E-state index in [0.717, 1.165) is 0 Å². The summed E-state index contributed by atoms with van der Waals surface area (Å²) in [6.07, 6.45) is 0. The molecule has 7 heteroatoms. The van der Waals surface area contributed by atoms with Crippen molar-refractivity contribution in [2.75, 3.05) is 7.11 Å². The predicted octanol–water partition coefficient (Wildman–Crippen LogP) is 2.62. The van der Waals surface area contributed by atoms with Crippen molar-refractivity contribution in [1.29, 1.82) is 0 Å². The van der Waals surface area contributed by atoms with Crippen LogP contribution in [0.25, 0.3) is 10.8 Å². The second-order valence-corrected chi connectivity index (χ2v) is 5.93. The number of benzene rings is 2. The van der Waals surface area contributed by atoms with Gasteiger partial charge in [0.1, 0.15) is 5.75 Å². The molecule has 122 valence electrons. The summed E-state index contributed by atoms with van der Waals surface area (Å²) in [6, 6.07) is 12.3. The highest BCUT2D eigenvalue weighted by Crippen LogP contribution is 2.22. The third-order valence-corrected chi connectivity index (χ3v) is 4.30. The van der Waals surface area contributed by atoms with Crippen LogP contribution < -0.4 is 15.6 Å². The summed E-state index contributed by atoms with van der Waals surface area (Å²) in [5.41, 5.74) is 0.803. The van der Waals surface area contributed by atoms with Crippen LogP contribution in [0.4, 0.5) is 0 Å². The highest BCUT2D eigenvalue weighted by Gasteiger charge is 2.13. The molecule has 1 heterocycles. The monoisotopic (exact) mass is 387 g/mol. The van der Waals surface area contributed by atoms with Crippen molar-refractivity contribution in [3.05, 3.63) is 68.5 Å². The summed E-state index contributed by atoms with van der Waals surface area (Å²) in [4.78, 5) is 24.2. The number of nitrogens with zero attached hydrogens (tertiary/aromatic N) is 1. The van der Waals surface area contributed by atoms with E-state index < -0.39 is 0 Å². The van der Waals surface area contributed by atoms with Crippen LogP contribution in [0.5, 0.6) is 5.75 Å². The summed E-state index contributed by atoms with van der Waals surface area (Å²) in [5.74, 6) is 0.328. The Balaban J connectivity index is 1.85. The Labute approximate surface area is 146 Å². The van der Waals surface area contributed by atoms with Crippen molar-refractivity contribution >= 4 is 32.6 Å². The first-order valence-corrected chi connectivity index (χ1v) is 7.97. The molecule has 0 aliphatic heterocycles. The smallest absolute Gasteiger partial charge is 0.272 e. The van der Waals surface area contributed by atoms with E-state index in [4.69, 9.17) is 4.74 Å². The van der Waals surface area contributed by atoms with Gasteiger partial charge in [-0.2, -0.15) is 5.10 Å². The van der Waals surface area contributed by atoms with Gasteiger partial charge in [-0.3, -0.25) is 9.59 Å². The van der Waals surface area contributed by atoms with Gasteiger partial charge in [0.2, 0.25) is 0 Å². The Bertz CT molecular complexity index is 969. The van der Waals surface area contributed by atoms with Crippen molar-refractivity contribution in [2.45, 2.75) is 6.54 Å². The van der Waals surface area contributed by atoms with Crippen molar-refractivity contribution in [2.24, 2.45) is 0 Å². The minimum absolute atomic E-state index is 0.194. The number of halogens is 1. The fraction of sp³-hybridized carbons (Fsp3) is 0.118. The number of H-pyrrole nitrogens is 1. The second-order valence-electron chi connectivity index (χ2n) is 5.07. The van der Waals surface area contributed by atoms with E-state index in [2.05, 4.69) is 31.4 Å². The first kappa shape index (κ1) is 16.2. The number of methoxy groups -OCH3 is 1. The lowest BCUT2D eigenvalue weighted by Gasteiger charge is -2.09. The van der Waals surface area contributed by atoms with Crippen molar-refractivity contribution in [3.63, 3.8) is 0 Å². The fourth-order valence-corrected chi connectivity index (χ4v) is 2.80. The number of ether oxygens (including phenoxy) is 1. The third-order valence-electron chi connectivity index (χ3n) is 3.61. The zero-order valence-electron chi connectivity index (χ0n) is 12.8. The summed E-state index contributed by atoms with van der Waals surface area (Å²) in [6.45, 7) is 0.194. The molecule has 2 N–H and O–H groups in total. The highest BCUT2D eigenvalue weighted by atomic mass is 79.9. The quantitative estimate of drug-likeness (QED) is 0.720. The molecule has 0 spiro atoms. The first-order chi connectivity index (χ1) is 11.6. The maximum absolute atomic E-state index is 12.4. The number of amides is 1. The second kappa shape index (κ2) is 6.84. The Morgan fingerprint density at radius 3 is 2.75 bits per heavy atom. The van der Waals surface area contributed by atoms with Crippen LogP contribution >= 0.6 is 15.9 Å². The number of carbonyl (C=O) groups excluding carboxylic acids is 1. The molecule has 6 nitrogen and oxygen atoms in total. The minimum Gasteiger partial charge on any atom is -0.497 e. The van der Waals surface area contributed by atoms with Gasteiger partial charge < -0.3 is 10.1 Å². The molecular weight excluding hydrogens is 374 g/mol. The number of carbonyl (C=O) groups is 1. The van der Waals surface area contributed by atoms with E-state index in [9.17, 15) is 9.59 Å². The summed E-state index contributed by atoms with van der Waals surface area (Å²) in [7, 11) is 1.54. The van der Waals surface area contributed by atoms with Gasteiger partial charge in [0.25, 0.3) is 11.5 Å². The van der Waals surface area contributed by atoms with Crippen LogP contribution in [0, 0.1) is 0 Å². The number of nitrogens with one attached hydrogen (secondary N) is 2. The van der Waals surface area contributed by atoms with E-state index >= 15 is 0 Å². The summed E-state index contributed by atoms with van der Waals surface area (Å²) >= 11 is 3.36. The van der Waals surface area contributed by atoms with E-state index in [1.165, 1.54) is 0 Å². The molecule has 24 heavy (non-hydrogen) atoms. The third kappa shape index (κ3) is 3.16. The van der Waals surface area contributed by atoms with Crippen molar-refractivity contribution in [3.8, 4) is 5.75 Å². The van der Waals surface area contributed by atoms with Gasteiger partial charge in [-0.05, 0) is 40.2 Å². The van der Waals surface area contributed by atoms with E-state index in [1.807, 2.05) is 6.07 Å². The van der Waals surface area contributed by atoms with E-state index in [-0.39, 0.29) is 18.0 Å². The fourth-order valence-electron chi connectivity index (χ4n) is 2.37. The zero-order chi connectivity index (χ0) is 17.1. The minimum atomic E-state index is -0.266. The number of aromatic nitrogens is 2. The van der Waals surface area contributed by atoms with Crippen molar-refractivity contribution in [1.82, 2.24) is 15.5 Å². The SMILES string of the molecule is COc1ccc(Br)c(C(=O)NCc2n[nH]c(=O)c3ccccc23)c1. The van der Waals surface area contributed by atoms with Gasteiger partial charge in [-0.25, -0.2) is 5.10 Å². The maximum atomic E-state index is 12.4. The lowest BCUT2D eigenvalue weighted by atomic mass is 10.1. The maximum Gasteiger partial charge on any atom is 0.272 e. The molecule has 2 aromatic carbocycles. The lowest BCUT2D eigenvalue weighted by molar-refractivity contribution is 0.0949. The van der Waals surface area contributed by atoms with Gasteiger partial charge in [0.05, 0.1) is 30.3 Å². The molecule has 0 aliphatic carbocycles. The Morgan fingerprint density at radius 1 is 1.25 bits per heavy atom.